The van der Waals surface area contributed by atoms with Gasteiger partial charge in [0, 0.05) is 35.5 Å². The predicted molar refractivity (Wildman–Crippen MR) is 83.7 cm³/mol. The number of nitrogens with one attached hydrogen (secondary N) is 2. The van der Waals surface area contributed by atoms with Gasteiger partial charge in [-0.2, -0.15) is 0 Å². The van der Waals surface area contributed by atoms with Crippen molar-refractivity contribution in [2.45, 2.75) is 32.8 Å². The Morgan fingerprint density at radius 2 is 2.05 bits per heavy atom. The molecule has 1 aromatic heterocycles. The zero-order valence-corrected chi connectivity index (χ0v) is 12.7. The average Bonchev–Trinajstić information content (AvgIpc) is 2.47. The van der Waals surface area contributed by atoms with Crippen LogP contribution in [-0.2, 0) is 16.0 Å². The molecule has 0 aliphatic carbocycles. The zero-order valence-electron chi connectivity index (χ0n) is 12.7. The molecule has 0 saturated heterocycles. The molecule has 1 heterocycles. The summed E-state index contributed by atoms with van der Waals surface area (Å²) < 4.78 is 5.13. The third-order valence-corrected chi connectivity index (χ3v) is 3.58. The maximum absolute atomic E-state index is 12.1. The Hall–Kier alpha value is -2.14. The summed E-state index contributed by atoms with van der Waals surface area (Å²) in [7, 11) is 1.48. The first-order valence-electron chi connectivity index (χ1n) is 6.90. The van der Waals surface area contributed by atoms with Crippen LogP contribution >= 0.6 is 0 Å². The fourth-order valence-corrected chi connectivity index (χ4v) is 1.94. The van der Waals surface area contributed by atoms with Gasteiger partial charge in [-0.05, 0) is 38.5 Å². The lowest BCUT2D eigenvalue weighted by atomic mass is 10.1. The van der Waals surface area contributed by atoms with Crippen LogP contribution in [0.4, 0.5) is 5.69 Å². The molecule has 0 aliphatic rings. The van der Waals surface area contributed by atoms with Gasteiger partial charge in [0.25, 0.3) is 5.91 Å². The summed E-state index contributed by atoms with van der Waals surface area (Å²) in [5.74, 6) is -0.258. The van der Waals surface area contributed by atoms with Crippen LogP contribution in [0.15, 0.2) is 29.1 Å². The number of fused-ring (bicyclic) bond motifs is 1. The van der Waals surface area contributed by atoms with E-state index in [1.807, 2.05) is 6.92 Å². The highest BCUT2D eigenvalue weighted by molar-refractivity contribution is 5.98. The Morgan fingerprint density at radius 1 is 1.33 bits per heavy atom. The number of benzene rings is 1. The topological polar surface area (TPSA) is 71.2 Å². The third-order valence-electron chi connectivity index (χ3n) is 3.58. The van der Waals surface area contributed by atoms with Gasteiger partial charge in [0.1, 0.15) is 5.60 Å². The molecule has 5 nitrogen and oxygen atoms in total. The Morgan fingerprint density at radius 3 is 2.67 bits per heavy atom. The molecule has 0 fully saturated rings. The molecule has 0 atom stereocenters. The molecule has 5 heteroatoms. The summed E-state index contributed by atoms with van der Waals surface area (Å²) in [5.41, 5.74) is 1.26. The van der Waals surface area contributed by atoms with Crippen molar-refractivity contribution >= 4 is 22.5 Å². The second-order valence-electron chi connectivity index (χ2n) is 5.44. The molecule has 2 aromatic rings. The molecule has 0 bridgehead atoms. The van der Waals surface area contributed by atoms with E-state index in [0.717, 1.165) is 17.6 Å². The summed E-state index contributed by atoms with van der Waals surface area (Å²) in [5, 5.41) is 3.32. The first kappa shape index (κ1) is 15.3. The average molecular weight is 288 g/mol. The van der Waals surface area contributed by atoms with Crippen LogP contribution < -0.4 is 10.7 Å². The highest BCUT2D eigenvalue weighted by Crippen LogP contribution is 2.18. The summed E-state index contributed by atoms with van der Waals surface area (Å²) in [6, 6.07) is 6.83. The minimum absolute atomic E-state index is 0.0531. The van der Waals surface area contributed by atoms with E-state index in [1.165, 1.54) is 7.11 Å². The lowest BCUT2D eigenvalue weighted by molar-refractivity contribution is -0.133. The number of ether oxygens (including phenoxy) is 1. The van der Waals surface area contributed by atoms with Gasteiger partial charge in [0.05, 0.1) is 0 Å². The van der Waals surface area contributed by atoms with Gasteiger partial charge in [-0.15, -0.1) is 0 Å². The fourth-order valence-electron chi connectivity index (χ4n) is 1.94. The Balaban J connectivity index is 2.38. The SMILES string of the molecule is CCc1cc(=O)c2cc(NC(=O)C(C)(C)OC)ccc2[nH]1. The van der Waals surface area contributed by atoms with Crippen LogP contribution in [-0.4, -0.2) is 23.6 Å². The number of aromatic amines is 1. The lowest BCUT2D eigenvalue weighted by Gasteiger charge is -2.21. The molecule has 0 unspecified atom stereocenters. The second kappa shape index (κ2) is 5.69. The van der Waals surface area contributed by atoms with Crippen molar-refractivity contribution in [1.29, 1.82) is 0 Å². The van der Waals surface area contributed by atoms with Crippen LogP contribution in [0, 0.1) is 0 Å². The Kier molecular flexibility index (Phi) is 4.14. The normalized spacial score (nSPS) is 11.6. The van der Waals surface area contributed by atoms with E-state index in [2.05, 4.69) is 10.3 Å². The molecule has 2 N–H and O–H groups in total. The number of carbonyl (C=O) groups excluding carboxylic acids is 1. The first-order chi connectivity index (χ1) is 9.87. The van der Waals surface area contributed by atoms with E-state index in [-0.39, 0.29) is 11.3 Å². The van der Waals surface area contributed by atoms with Crippen LogP contribution in [0.2, 0.25) is 0 Å². The van der Waals surface area contributed by atoms with E-state index < -0.39 is 5.60 Å². The molecule has 1 aromatic carbocycles. The second-order valence-corrected chi connectivity index (χ2v) is 5.44. The molecule has 2 rings (SSSR count). The standard InChI is InChI=1S/C16H20N2O3/c1-5-10-9-14(19)12-8-11(6-7-13(12)17-10)18-15(20)16(2,3)21-4/h6-9H,5H2,1-4H3,(H,17,19)(H,18,20). The number of amides is 1. The Bertz CT molecular complexity index is 732. The number of anilines is 1. The van der Waals surface area contributed by atoms with E-state index in [9.17, 15) is 9.59 Å². The van der Waals surface area contributed by atoms with Crippen molar-refractivity contribution in [2.24, 2.45) is 0 Å². The van der Waals surface area contributed by atoms with Crippen LogP contribution in [0.1, 0.15) is 26.5 Å². The number of H-pyrrole nitrogens is 1. The fraction of sp³-hybridized carbons (Fsp3) is 0.375. The van der Waals surface area contributed by atoms with Crippen molar-refractivity contribution in [3.63, 3.8) is 0 Å². The first-order valence-corrected chi connectivity index (χ1v) is 6.90. The van der Waals surface area contributed by atoms with Gasteiger partial charge in [-0.1, -0.05) is 6.92 Å². The highest BCUT2D eigenvalue weighted by Gasteiger charge is 2.26. The van der Waals surface area contributed by atoms with Gasteiger partial charge in [0.15, 0.2) is 5.43 Å². The van der Waals surface area contributed by atoms with E-state index in [0.29, 0.717) is 11.1 Å². The summed E-state index contributed by atoms with van der Waals surface area (Å²) in [6.45, 7) is 5.35. The molecule has 21 heavy (non-hydrogen) atoms. The summed E-state index contributed by atoms with van der Waals surface area (Å²) >= 11 is 0. The summed E-state index contributed by atoms with van der Waals surface area (Å²) in [4.78, 5) is 27.4. The number of aryl methyl sites for hydroxylation is 1. The molecular formula is C16H20N2O3. The van der Waals surface area contributed by atoms with Crippen LogP contribution in [0.5, 0.6) is 0 Å². The molecule has 0 saturated carbocycles. The monoisotopic (exact) mass is 288 g/mol. The van der Waals surface area contributed by atoms with Gasteiger partial charge in [-0.3, -0.25) is 9.59 Å². The van der Waals surface area contributed by atoms with Gasteiger partial charge in [-0.25, -0.2) is 0 Å². The van der Waals surface area contributed by atoms with Crippen molar-refractivity contribution in [3.8, 4) is 0 Å². The largest absolute Gasteiger partial charge is 0.369 e. The summed E-state index contributed by atoms with van der Waals surface area (Å²) in [6.07, 6.45) is 0.770. The molecular weight excluding hydrogens is 268 g/mol. The Labute approximate surface area is 123 Å². The smallest absolute Gasteiger partial charge is 0.256 e. The maximum Gasteiger partial charge on any atom is 0.256 e. The molecule has 0 aliphatic heterocycles. The van der Waals surface area contributed by atoms with Gasteiger partial charge < -0.3 is 15.0 Å². The van der Waals surface area contributed by atoms with Crippen molar-refractivity contribution in [1.82, 2.24) is 4.98 Å². The van der Waals surface area contributed by atoms with Crippen LogP contribution in [0.25, 0.3) is 10.9 Å². The van der Waals surface area contributed by atoms with Gasteiger partial charge >= 0.3 is 0 Å². The quantitative estimate of drug-likeness (QED) is 0.907. The predicted octanol–water partition coefficient (Wildman–Crippen LogP) is 2.45. The molecule has 1 amide bonds. The number of hydrogen-bond donors (Lipinski definition) is 2. The number of methoxy groups -OCH3 is 1. The van der Waals surface area contributed by atoms with E-state index >= 15 is 0 Å². The minimum Gasteiger partial charge on any atom is -0.369 e. The van der Waals surface area contributed by atoms with E-state index in [1.54, 1.807) is 38.1 Å². The van der Waals surface area contributed by atoms with Crippen molar-refractivity contribution < 1.29 is 9.53 Å². The van der Waals surface area contributed by atoms with Crippen LogP contribution in [0.3, 0.4) is 0 Å². The number of pyridine rings is 1. The number of carbonyl (C=O) groups is 1. The molecule has 0 spiro atoms. The number of rotatable bonds is 4. The van der Waals surface area contributed by atoms with Crippen molar-refractivity contribution in [3.05, 3.63) is 40.2 Å². The van der Waals surface area contributed by atoms with Crippen molar-refractivity contribution in [2.75, 3.05) is 12.4 Å². The number of hydrogen-bond acceptors (Lipinski definition) is 3. The highest BCUT2D eigenvalue weighted by atomic mass is 16.5. The van der Waals surface area contributed by atoms with E-state index in [4.69, 9.17) is 4.74 Å². The lowest BCUT2D eigenvalue weighted by Crippen LogP contribution is -2.38. The molecule has 0 radical (unpaired) electrons. The van der Waals surface area contributed by atoms with Gasteiger partial charge in [0.2, 0.25) is 0 Å². The zero-order chi connectivity index (χ0) is 15.6. The maximum atomic E-state index is 12.1. The third kappa shape index (κ3) is 3.13. The molecule has 112 valence electrons. The minimum atomic E-state index is -0.923. The number of aromatic nitrogens is 1.